The lowest BCUT2D eigenvalue weighted by molar-refractivity contribution is -0.116. The number of carbonyl (C=O) groups excluding carboxylic acids is 2. The first-order valence-electron chi connectivity index (χ1n) is 12.8. The number of Topliss-reactive ketones (excluding diaryl/α,β-unsaturated/α-hetero) is 1. The molecule has 0 spiro atoms. The number of nitrogens with two attached hydrogens (primary N) is 1. The SMILES string of the molecule is CCc1ccc(C2C(C#N)=C(N)N(c3nnc(SCC(=O)Nc4c(F)c(F)cc(F)c4F)s3)C3=C2C(=O)CCC3)cc1. The zero-order valence-corrected chi connectivity index (χ0v) is 23.6. The third-order valence-electron chi connectivity index (χ3n) is 6.92. The van der Waals surface area contributed by atoms with Crippen molar-refractivity contribution < 1.29 is 27.2 Å². The maximum absolute atomic E-state index is 13.9. The van der Waals surface area contributed by atoms with Crippen LogP contribution in [0.2, 0.25) is 0 Å². The van der Waals surface area contributed by atoms with Crippen LogP contribution in [0.1, 0.15) is 43.2 Å². The molecule has 1 aromatic heterocycles. The van der Waals surface area contributed by atoms with E-state index in [1.807, 2.05) is 36.5 Å². The molecule has 1 aliphatic carbocycles. The molecule has 1 amide bonds. The number of aryl methyl sites for hydroxylation is 1. The van der Waals surface area contributed by atoms with Gasteiger partial charge in [0.2, 0.25) is 11.0 Å². The first-order valence-corrected chi connectivity index (χ1v) is 14.6. The number of thioether (sulfide) groups is 1. The van der Waals surface area contributed by atoms with Crippen LogP contribution in [-0.4, -0.2) is 27.6 Å². The summed E-state index contributed by atoms with van der Waals surface area (Å²) in [6.45, 7) is 2.03. The van der Waals surface area contributed by atoms with E-state index in [9.17, 15) is 32.4 Å². The van der Waals surface area contributed by atoms with E-state index in [0.717, 1.165) is 40.6 Å². The van der Waals surface area contributed by atoms with Gasteiger partial charge in [0, 0.05) is 23.8 Å². The zero-order valence-electron chi connectivity index (χ0n) is 22.0. The Morgan fingerprint density at radius 2 is 1.86 bits per heavy atom. The number of hydrogen-bond acceptors (Lipinski definition) is 9. The lowest BCUT2D eigenvalue weighted by atomic mass is 9.75. The van der Waals surface area contributed by atoms with Gasteiger partial charge in [0.1, 0.15) is 11.5 Å². The number of allylic oxidation sites excluding steroid dienone is 3. The predicted molar refractivity (Wildman–Crippen MR) is 149 cm³/mol. The molecule has 0 saturated carbocycles. The summed E-state index contributed by atoms with van der Waals surface area (Å²) in [6, 6.07) is 9.94. The van der Waals surface area contributed by atoms with Crippen molar-refractivity contribution in [3.05, 3.63) is 87.4 Å². The first-order chi connectivity index (χ1) is 20.1. The maximum Gasteiger partial charge on any atom is 0.234 e. The summed E-state index contributed by atoms with van der Waals surface area (Å²) in [4.78, 5) is 27.1. The number of benzene rings is 2. The van der Waals surface area contributed by atoms with Gasteiger partial charge < -0.3 is 11.1 Å². The summed E-state index contributed by atoms with van der Waals surface area (Å²) in [7, 11) is 0. The molecule has 2 aliphatic rings. The van der Waals surface area contributed by atoms with E-state index in [-0.39, 0.29) is 32.7 Å². The number of halogens is 4. The number of nitriles is 1. The summed E-state index contributed by atoms with van der Waals surface area (Å²) >= 11 is 1.88. The lowest BCUT2D eigenvalue weighted by Crippen LogP contribution is -2.38. The van der Waals surface area contributed by atoms with Crippen molar-refractivity contribution in [1.82, 2.24) is 10.2 Å². The highest BCUT2D eigenvalue weighted by Crippen LogP contribution is 2.47. The molecule has 3 N–H and O–H groups in total. The highest BCUT2D eigenvalue weighted by molar-refractivity contribution is 8.01. The Bertz CT molecular complexity index is 1670. The number of aromatic nitrogens is 2. The van der Waals surface area contributed by atoms with Crippen LogP contribution in [0.15, 0.2) is 57.3 Å². The molecule has 14 heteroatoms. The molecule has 1 aliphatic heterocycles. The Labute approximate surface area is 245 Å². The largest absolute Gasteiger partial charge is 0.384 e. The van der Waals surface area contributed by atoms with Crippen LogP contribution >= 0.6 is 23.1 Å². The molecule has 2 aromatic carbocycles. The minimum absolute atomic E-state index is 0.0429. The fourth-order valence-corrected chi connectivity index (χ4v) is 6.60. The highest BCUT2D eigenvalue weighted by atomic mass is 32.2. The average Bonchev–Trinajstić information content (AvgIpc) is 3.45. The van der Waals surface area contributed by atoms with Gasteiger partial charge in [-0.1, -0.05) is 54.3 Å². The van der Waals surface area contributed by atoms with Crippen molar-refractivity contribution in [1.29, 1.82) is 5.26 Å². The second-order valence-corrected chi connectivity index (χ2v) is 11.6. The van der Waals surface area contributed by atoms with Gasteiger partial charge >= 0.3 is 0 Å². The standard InChI is InChI=1S/C28H22F4N6O2S2/c1-2-13-6-8-14(9-7-13)21-15(11-33)26(34)38(18-4-3-5-19(39)22(18)21)27-36-37-28(42-27)41-12-20(40)35-25-23(31)16(29)10-17(30)24(25)32/h6-10,21H,2-5,12,34H2,1H3,(H,35,40). The number of carbonyl (C=O) groups is 2. The lowest BCUT2D eigenvalue weighted by Gasteiger charge is -2.38. The Hall–Kier alpha value is -4.22. The third kappa shape index (κ3) is 5.37. The molecule has 8 nitrogen and oxygen atoms in total. The van der Waals surface area contributed by atoms with E-state index in [2.05, 4.69) is 16.3 Å². The van der Waals surface area contributed by atoms with E-state index in [4.69, 9.17) is 5.73 Å². The predicted octanol–water partition coefficient (Wildman–Crippen LogP) is 5.69. The molecule has 5 rings (SSSR count). The van der Waals surface area contributed by atoms with Crippen molar-refractivity contribution in [2.24, 2.45) is 5.73 Å². The third-order valence-corrected chi connectivity index (χ3v) is 8.97. The monoisotopic (exact) mass is 614 g/mol. The summed E-state index contributed by atoms with van der Waals surface area (Å²) < 4.78 is 55.0. The topological polar surface area (TPSA) is 125 Å². The van der Waals surface area contributed by atoms with Crippen molar-refractivity contribution in [3.63, 3.8) is 0 Å². The number of rotatable bonds is 7. The highest BCUT2D eigenvalue weighted by Gasteiger charge is 2.41. The first kappa shape index (κ1) is 29.3. The smallest absolute Gasteiger partial charge is 0.234 e. The van der Waals surface area contributed by atoms with Gasteiger partial charge in [-0.15, -0.1) is 10.2 Å². The van der Waals surface area contributed by atoms with E-state index in [0.29, 0.717) is 30.5 Å². The number of hydrogen-bond donors (Lipinski definition) is 2. The van der Waals surface area contributed by atoms with Crippen molar-refractivity contribution >= 4 is 45.6 Å². The van der Waals surface area contributed by atoms with Crippen LogP contribution in [-0.2, 0) is 16.0 Å². The normalized spacial score (nSPS) is 16.9. The molecule has 0 saturated heterocycles. The van der Waals surface area contributed by atoms with Gasteiger partial charge in [-0.2, -0.15) is 5.26 Å². The van der Waals surface area contributed by atoms with Crippen LogP contribution in [0.4, 0.5) is 28.4 Å². The zero-order chi connectivity index (χ0) is 30.1. The van der Waals surface area contributed by atoms with Crippen LogP contribution in [0, 0.1) is 34.6 Å². The van der Waals surface area contributed by atoms with Gasteiger partial charge in [-0.25, -0.2) is 17.6 Å². The van der Waals surface area contributed by atoms with E-state index in [1.54, 1.807) is 4.90 Å². The van der Waals surface area contributed by atoms with Gasteiger partial charge in [-0.05, 0) is 30.4 Å². The molecule has 216 valence electrons. The van der Waals surface area contributed by atoms with E-state index in [1.165, 1.54) is 0 Å². The van der Waals surface area contributed by atoms with Crippen LogP contribution in [0.5, 0.6) is 0 Å². The number of amides is 1. The van der Waals surface area contributed by atoms with E-state index >= 15 is 0 Å². The molecule has 1 atom stereocenters. The second-order valence-electron chi connectivity index (χ2n) is 9.44. The number of anilines is 2. The molecule has 0 bridgehead atoms. The number of ketones is 1. The van der Waals surface area contributed by atoms with Crippen molar-refractivity contribution in [2.45, 2.75) is 42.9 Å². The second kappa shape index (κ2) is 11.9. The summed E-state index contributed by atoms with van der Waals surface area (Å²) in [5.74, 6) is -8.71. The summed E-state index contributed by atoms with van der Waals surface area (Å²) in [5.41, 5.74) is 8.50. The van der Waals surface area contributed by atoms with Crippen LogP contribution in [0.25, 0.3) is 0 Å². The molecule has 42 heavy (non-hydrogen) atoms. The maximum atomic E-state index is 13.9. The van der Waals surface area contributed by atoms with Gasteiger partial charge in [0.15, 0.2) is 33.4 Å². The van der Waals surface area contributed by atoms with Gasteiger partial charge in [-0.3, -0.25) is 14.5 Å². The Balaban J connectivity index is 1.41. The molecule has 3 aromatic rings. The molecule has 1 unspecified atom stereocenters. The fourth-order valence-electron chi connectivity index (χ4n) is 4.92. The molecule has 0 fully saturated rings. The quantitative estimate of drug-likeness (QED) is 0.198. The number of nitrogens with one attached hydrogen (secondary N) is 1. The van der Waals surface area contributed by atoms with Crippen LogP contribution in [0.3, 0.4) is 0 Å². The van der Waals surface area contributed by atoms with E-state index < -0.39 is 46.5 Å². The summed E-state index contributed by atoms with van der Waals surface area (Å²) in [5, 5.41) is 20.5. The van der Waals surface area contributed by atoms with Gasteiger partial charge in [0.25, 0.3) is 0 Å². The van der Waals surface area contributed by atoms with Crippen molar-refractivity contribution in [2.75, 3.05) is 16.0 Å². The Morgan fingerprint density at radius 3 is 2.50 bits per heavy atom. The molecule has 0 radical (unpaired) electrons. The van der Waals surface area contributed by atoms with Gasteiger partial charge in [0.05, 0.1) is 23.3 Å². The molecule has 2 heterocycles. The van der Waals surface area contributed by atoms with Crippen molar-refractivity contribution in [3.8, 4) is 6.07 Å². The number of nitrogens with zero attached hydrogens (tertiary/aromatic N) is 4. The Morgan fingerprint density at radius 1 is 1.17 bits per heavy atom. The fraction of sp³-hybridized carbons (Fsp3) is 0.250. The van der Waals surface area contributed by atoms with Crippen LogP contribution < -0.4 is 16.0 Å². The molecular weight excluding hydrogens is 592 g/mol. The average molecular weight is 615 g/mol. The Kier molecular flexibility index (Phi) is 8.33. The molecular formula is C28H22F4N6O2S2. The minimum Gasteiger partial charge on any atom is -0.384 e. The minimum atomic E-state index is -1.73. The summed E-state index contributed by atoms with van der Waals surface area (Å²) in [6.07, 6.45) is 2.26.